The van der Waals surface area contributed by atoms with E-state index in [9.17, 15) is 4.79 Å². The molecule has 0 aliphatic rings. The summed E-state index contributed by atoms with van der Waals surface area (Å²) in [5, 5.41) is 16.8. The highest BCUT2D eigenvalue weighted by molar-refractivity contribution is 5.78. The highest BCUT2D eigenvalue weighted by Gasteiger charge is 2.13. The number of carbonyl (C=O) groups is 1. The van der Waals surface area contributed by atoms with Crippen LogP contribution in [0.1, 0.15) is 26.7 Å². The second-order valence-electron chi connectivity index (χ2n) is 3.48. The molecule has 0 spiro atoms. The van der Waals surface area contributed by atoms with Crippen LogP contribution in [0.15, 0.2) is 0 Å². The van der Waals surface area contributed by atoms with Crippen LogP contribution in [0.4, 0.5) is 0 Å². The maximum Gasteiger partial charge on any atom is 0.236 e. The van der Waals surface area contributed by atoms with Crippen LogP contribution in [0.5, 0.6) is 0 Å². The highest BCUT2D eigenvalue weighted by atomic mass is 16.2. The molecule has 0 fully saturated rings. The van der Waals surface area contributed by atoms with Crippen molar-refractivity contribution in [2.45, 2.75) is 26.7 Å². The third kappa shape index (κ3) is 5.16. The summed E-state index contributed by atoms with van der Waals surface area (Å²) in [6, 6.07) is 3.82. The van der Waals surface area contributed by atoms with Crippen molar-refractivity contribution >= 4 is 5.91 Å². The topological polar surface area (TPSA) is 67.9 Å². The van der Waals surface area contributed by atoms with E-state index in [0.29, 0.717) is 25.4 Å². The first-order valence-electron chi connectivity index (χ1n) is 4.63. The zero-order chi connectivity index (χ0) is 11.0. The molecule has 76 valence electrons. The van der Waals surface area contributed by atoms with Gasteiger partial charge in [-0.1, -0.05) is 13.8 Å². The first-order chi connectivity index (χ1) is 6.61. The molecule has 0 aromatic heterocycles. The lowest BCUT2D eigenvalue weighted by atomic mass is 10.2. The van der Waals surface area contributed by atoms with Crippen LogP contribution >= 0.6 is 0 Å². The Bertz CT molecular complexity index is 260. The maximum atomic E-state index is 11.4. The van der Waals surface area contributed by atoms with E-state index in [0.717, 1.165) is 0 Å². The third-order valence-corrected chi connectivity index (χ3v) is 1.66. The summed E-state index contributed by atoms with van der Waals surface area (Å²) >= 11 is 0. The lowest BCUT2D eigenvalue weighted by molar-refractivity contribution is -0.130. The highest BCUT2D eigenvalue weighted by Crippen LogP contribution is 2.02. The average molecular weight is 193 g/mol. The van der Waals surface area contributed by atoms with Crippen LogP contribution in [0.3, 0.4) is 0 Å². The molecule has 0 atom stereocenters. The predicted molar refractivity (Wildman–Crippen MR) is 51.9 cm³/mol. The van der Waals surface area contributed by atoms with E-state index < -0.39 is 0 Å². The van der Waals surface area contributed by atoms with Gasteiger partial charge in [-0.3, -0.25) is 4.79 Å². The Hall–Kier alpha value is -1.55. The molecule has 0 rings (SSSR count). The zero-order valence-electron chi connectivity index (χ0n) is 8.66. The minimum atomic E-state index is -0.184. The number of nitriles is 2. The number of hydrogen-bond acceptors (Lipinski definition) is 3. The van der Waals surface area contributed by atoms with Crippen molar-refractivity contribution in [1.29, 1.82) is 10.5 Å². The summed E-state index contributed by atoms with van der Waals surface area (Å²) in [5.74, 6) is 0.174. The second-order valence-corrected chi connectivity index (χ2v) is 3.48. The summed E-state index contributed by atoms with van der Waals surface area (Å²) in [4.78, 5) is 13.0. The van der Waals surface area contributed by atoms with Gasteiger partial charge in [0.1, 0.15) is 6.42 Å². The largest absolute Gasteiger partial charge is 0.341 e. The molecule has 1 amide bonds. The molecule has 0 aliphatic heterocycles. The SMILES string of the molecule is CC(C)CN(CCC#N)C(=O)CC#N. The predicted octanol–water partition coefficient (Wildman–Crippen LogP) is 1.30. The monoisotopic (exact) mass is 193 g/mol. The van der Waals surface area contributed by atoms with Crippen molar-refractivity contribution in [2.75, 3.05) is 13.1 Å². The molecule has 0 heterocycles. The number of rotatable bonds is 5. The van der Waals surface area contributed by atoms with Crippen LogP contribution in [0.25, 0.3) is 0 Å². The van der Waals surface area contributed by atoms with E-state index in [1.807, 2.05) is 26.0 Å². The summed E-state index contributed by atoms with van der Waals surface area (Å²) in [5.41, 5.74) is 0. The molecule has 0 saturated heterocycles. The van der Waals surface area contributed by atoms with Crippen LogP contribution < -0.4 is 0 Å². The quantitative estimate of drug-likeness (QED) is 0.660. The Morgan fingerprint density at radius 3 is 2.43 bits per heavy atom. The fourth-order valence-corrected chi connectivity index (χ4v) is 1.12. The molecule has 4 heteroatoms. The Labute approximate surface area is 84.7 Å². The van der Waals surface area contributed by atoms with Gasteiger partial charge in [-0.15, -0.1) is 0 Å². The first kappa shape index (κ1) is 12.4. The summed E-state index contributed by atoms with van der Waals surface area (Å²) in [6.45, 7) is 5.04. The lowest BCUT2D eigenvalue weighted by Crippen LogP contribution is -2.34. The van der Waals surface area contributed by atoms with E-state index in [2.05, 4.69) is 0 Å². The molecule has 0 aliphatic carbocycles. The fraction of sp³-hybridized carbons (Fsp3) is 0.700. The first-order valence-corrected chi connectivity index (χ1v) is 4.63. The molecule has 0 radical (unpaired) electrons. The zero-order valence-corrected chi connectivity index (χ0v) is 8.66. The summed E-state index contributed by atoms with van der Waals surface area (Å²) < 4.78 is 0. The van der Waals surface area contributed by atoms with Crippen LogP contribution in [-0.4, -0.2) is 23.9 Å². The van der Waals surface area contributed by atoms with Crippen molar-refractivity contribution in [3.05, 3.63) is 0 Å². The van der Waals surface area contributed by atoms with Crippen molar-refractivity contribution in [3.63, 3.8) is 0 Å². The van der Waals surface area contributed by atoms with Gasteiger partial charge >= 0.3 is 0 Å². The van der Waals surface area contributed by atoms with Crippen molar-refractivity contribution in [2.24, 2.45) is 5.92 Å². The average Bonchev–Trinajstić information content (AvgIpc) is 2.12. The normalized spacial score (nSPS) is 9.21. The van der Waals surface area contributed by atoms with Gasteiger partial charge < -0.3 is 4.90 Å². The minimum absolute atomic E-state index is 0.0991. The molecule has 0 unspecified atom stereocenters. The Balaban J connectivity index is 4.18. The van der Waals surface area contributed by atoms with Crippen LogP contribution in [-0.2, 0) is 4.79 Å². The molecule has 0 saturated carbocycles. The van der Waals surface area contributed by atoms with Gasteiger partial charge in [0.2, 0.25) is 5.91 Å². The van der Waals surface area contributed by atoms with Crippen LogP contribution in [0.2, 0.25) is 0 Å². The van der Waals surface area contributed by atoms with Crippen molar-refractivity contribution < 1.29 is 4.79 Å². The van der Waals surface area contributed by atoms with E-state index in [1.54, 1.807) is 4.90 Å². The molecule has 14 heavy (non-hydrogen) atoms. The smallest absolute Gasteiger partial charge is 0.236 e. The minimum Gasteiger partial charge on any atom is -0.341 e. The molecular weight excluding hydrogens is 178 g/mol. The molecule has 0 bridgehead atoms. The van der Waals surface area contributed by atoms with E-state index >= 15 is 0 Å². The fourth-order valence-electron chi connectivity index (χ4n) is 1.12. The standard InChI is InChI=1S/C10H15N3O/c1-9(2)8-13(7-3-5-11)10(14)4-6-12/h9H,3-4,7-8H2,1-2H3. The molecule has 0 N–H and O–H groups in total. The van der Waals surface area contributed by atoms with Crippen molar-refractivity contribution in [1.82, 2.24) is 4.90 Å². The second kappa shape index (κ2) is 6.91. The van der Waals surface area contributed by atoms with Crippen molar-refractivity contribution in [3.8, 4) is 12.1 Å². The number of nitrogens with zero attached hydrogens (tertiary/aromatic N) is 3. The molecule has 0 aromatic rings. The molecule has 4 nitrogen and oxygen atoms in total. The number of hydrogen-bond donors (Lipinski definition) is 0. The van der Waals surface area contributed by atoms with E-state index in [-0.39, 0.29) is 12.3 Å². The van der Waals surface area contributed by atoms with Gasteiger partial charge in [-0.25, -0.2) is 0 Å². The van der Waals surface area contributed by atoms with E-state index in [1.165, 1.54) is 0 Å². The number of carbonyl (C=O) groups excluding carboxylic acids is 1. The lowest BCUT2D eigenvalue weighted by Gasteiger charge is -2.22. The van der Waals surface area contributed by atoms with Gasteiger partial charge in [0.05, 0.1) is 18.6 Å². The number of amides is 1. The van der Waals surface area contributed by atoms with Gasteiger partial charge in [0.25, 0.3) is 0 Å². The van der Waals surface area contributed by atoms with Gasteiger partial charge in [-0.2, -0.15) is 10.5 Å². The Kier molecular flexibility index (Phi) is 6.15. The molecular formula is C10H15N3O. The summed E-state index contributed by atoms with van der Waals surface area (Å²) in [7, 11) is 0. The van der Waals surface area contributed by atoms with Gasteiger partial charge in [-0.05, 0) is 5.92 Å². The van der Waals surface area contributed by atoms with Gasteiger partial charge in [0, 0.05) is 13.1 Å². The Morgan fingerprint density at radius 1 is 1.36 bits per heavy atom. The van der Waals surface area contributed by atoms with Crippen LogP contribution in [0, 0.1) is 28.6 Å². The maximum absolute atomic E-state index is 11.4. The summed E-state index contributed by atoms with van der Waals surface area (Å²) in [6.07, 6.45) is 0.224. The van der Waals surface area contributed by atoms with Gasteiger partial charge in [0.15, 0.2) is 0 Å². The third-order valence-electron chi connectivity index (χ3n) is 1.66. The van der Waals surface area contributed by atoms with E-state index in [4.69, 9.17) is 10.5 Å². The Morgan fingerprint density at radius 2 is 2.00 bits per heavy atom. The molecule has 0 aromatic carbocycles.